The quantitative estimate of drug-likeness (QED) is 0.787. The molecule has 0 bridgehead atoms. The second kappa shape index (κ2) is 3.51. The van der Waals surface area contributed by atoms with E-state index in [0.717, 1.165) is 20.9 Å². The lowest BCUT2D eigenvalue weighted by Crippen LogP contribution is -1.85. The Labute approximate surface area is 88.2 Å². The molecule has 0 saturated heterocycles. The Morgan fingerprint density at radius 2 is 2.31 bits per heavy atom. The summed E-state index contributed by atoms with van der Waals surface area (Å²) < 4.78 is 5.01. The molecule has 3 nitrogen and oxygen atoms in total. The first-order valence-corrected chi connectivity index (χ1v) is 5.24. The van der Waals surface area contributed by atoms with Crippen molar-refractivity contribution in [2.75, 3.05) is 0 Å². The molecule has 13 heavy (non-hydrogen) atoms. The van der Waals surface area contributed by atoms with Gasteiger partial charge < -0.3 is 0 Å². The maximum atomic E-state index is 4.24. The predicted molar refractivity (Wildman–Crippen MR) is 55.6 cm³/mol. The van der Waals surface area contributed by atoms with Crippen molar-refractivity contribution in [3.63, 3.8) is 0 Å². The fourth-order valence-corrected chi connectivity index (χ4v) is 1.85. The topological polar surface area (TPSA) is 38.7 Å². The van der Waals surface area contributed by atoms with Crippen LogP contribution in [0.2, 0.25) is 0 Å². The lowest BCUT2D eigenvalue weighted by Gasteiger charge is -1.97. The van der Waals surface area contributed by atoms with E-state index >= 15 is 0 Å². The normalized spacial score (nSPS) is 10.3. The molecule has 0 aliphatic carbocycles. The molecule has 5 heteroatoms. The SMILES string of the molecule is Cc1cnccc1-c1nsc(Br)n1. The second-order valence-corrected chi connectivity index (χ2v) is 4.59. The summed E-state index contributed by atoms with van der Waals surface area (Å²) in [5, 5.41) is 0. The summed E-state index contributed by atoms with van der Waals surface area (Å²) in [6, 6.07) is 1.92. The van der Waals surface area contributed by atoms with Gasteiger partial charge >= 0.3 is 0 Å². The predicted octanol–water partition coefficient (Wildman–Crippen LogP) is 2.67. The van der Waals surface area contributed by atoms with Gasteiger partial charge in [-0.05, 0) is 46.0 Å². The summed E-state index contributed by atoms with van der Waals surface area (Å²) in [6.07, 6.45) is 3.56. The molecule has 2 heterocycles. The highest BCUT2D eigenvalue weighted by Gasteiger charge is 2.06. The standard InChI is InChI=1S/C8H6BrN3S/c1-5-4-10-3-2-6(5)7-11-8(9)13-12-7/h2-4H,1H3. The van der Waals surface area contributed by atoms with E-state index in [4.69, 9.17) is 0 Å². The Morgan fingerprint density at radius 3 is 2.92 bits per heavy atom. The van der Waals surface area contributed by atoms with Crippen LogP contribution < -0.4 is 0 Å². The van der Waals surface area contributed by atoms with E-state index in [9.17, 15) is 0 Å². The van der Waals surface area contributed by atoms with Crippen LogP contribution in [0.15, 0.2) is 22.4 Å². The Kier molecular flexibility index (Phi) is 2.37. The van der Waals surface area contributed by atoms with E-state index in [1.807, 2.05) is 19.2 Å². The van der Waals surface area contributed by atoms with Gasteiger partial charge in [0, 0.05) is 18.0 Å². The van der Waals surface area contributed by atoms with Crippen molar-refractivity contribution in [2.45, 2.75) is 6.92 Å². The monoisotopic (exact) mass is 255 g/mol. The van der Waals surface area contributed by atoms with Crippen LogP contribution in [0.3, 0.4) is 0 Å². The first-order chi connectivity index (χ1) is 6.27. The highest BCUT2D eigenvalue weighted by atomic mass is 79.9. The molecule has 0 amide bonds. The van der Waals surface area contributed by atoms with Gasteiger partial charge in [-0.1, -0.05) is 0 Å². The smallest absolute Gasteiger partial charge is 0.179 e. The largest absolute Gasteiger partial charge is 0.264 e. The minimum atomic E-state index is 0.761. The molecule has 0 atom stereocenters. The molecule has 2 aromatic rings. The number of aryl methyl sites for hydroxylation is 1. The Hall–Kier alpha value is -0.810. The molecular weight excluding hydrogens is 250 g/mol. The summed E-state index contributed by atoms with van der Waals surface area (Å²) in [5.74, 6) is 0.761. The Balaban J connectivity index is 2.52. The summed E-state index contributed by atoms with van der Waals surface area (Å²) in [4.78, 5) is 8.25. The Morgan fingerprint density at radius 1 is 1.46 bits per heavy atom. The van der Waals surface area contributed by atoms with Crippen molar-refractivity contribution < 1.29 is 0 Å². The third-order valence-electron chi connectivity index (χ3n) is 1.66. The molecular formula is C8H6BrN3S. The highest BCUT2D eigenvalue weighted by Crippen LogP contribution is 2.22. The molecule has 2 aromatic heterocycles. The zero-order valence-electron chi connectivity index (χ0n) is 6.86. The second-order valence-electron chi connectivity index (χ2n) is 2.56. The molecule has 0 aromatic carbocycles. The van der Waals surface area contributed by atoms with Crippen LogP contribution in [0.25, 0.3) is 11.4 Å². The number of aromatic nitrogens is 3. The molecule has 0 N–H and O–H groups in total. The number of nitrogens with zero attached hydrogens (tertiary/aromatic N) is 3. The van der Waals surface area contributed by atoms with Gasteiger partial charge in [0.05, 0.1) is 0 Å². The molecule has 0 fully saturated rings. The summed E-state index contributed by atoms with van der Waals surface area (Å²) in [6.45, 7) is 2.00. The van der Waals surface area contributed by atoms with E-state index in [1.54, 1.807) is 6.20 Å². The van der Waals surface area contributed by atoms with Gasteiger partial charge in [-0.25, -0.2) is 4.98 Å². The number of hydrogen-bond acceptors (Lipinski definition) is 4. The number of halogens is 1. The van der Waals surface area contributed by atoms with Gasteiger partial charge in [0.2, 0.25) is 0 Å². The van der Waals surface area contributed by atoms with Crippen molar-refractivity contribution >= 4 is 27.5 Å². The first-order valence-electron chi connectivity index (χ1n) is 3.67. The van der Waals surface area contributed by atoms with Crippen molar-refractivity contribution in [2.24, 2.45) is 0 Å². The minimum Gasteiger partial charge on any atom is -0.264 e. The van der Waals surface area contributed by atoms with E-state index in [2.05, 4.69) is 30.3 Å². The Bertz CT molecular complexity index is 427. The molecule has 0 aliphatic rings. The van der Waals surface area contributed by atoms with Crippen molar-refractivity contribution in [1.82, 2.24) is 14.3 Å². The third-order valence-corrected chi connectivity index (χ3v) is 2.78. The molecule has 2 rings (SSSR count). The summed E-state index contributed by atoms with van der Waals surface area (Å²) in [7, 11) is 0. The molecule has 66 valence electrons. The minimum absolute atomic E-state index is 0.761. The van der Waals surface area contributed by atoms with Crippen molar-refractivity contribution in [1.29, 1.82) is 0 Å². The van der Waals surface area contributed by atoms with Crippen LogP contribution in [0.1, 0.15) is 5.56 Å². The van der Waals surface area contributed by atoms with Gasteiger partial charge in [0.25, 0.3) is 0 Å². The molecule has 0 radical (unpaired) electrons. The van der Waals surface area contributed by atoms with Gasteiger partial charge in [0.1, 0.15) is 0 Å². The first kappa shape index (κ1) is 8.77. The van der Waals surface area contributed by atoms with E-state index < -0.39 is 0 Å². The van der Waals surface area contributed by atoms with Gasteiger partial charge in [-0.3, -0.25) is 4.98 Å². The van der Waals surface area contributed by atoms with Crippen LogP contribution in [-0.4, -0.2) is 14.3 Å². The zero-order valence-corrected chi connectivity index (χ0v) is 9.26. The number of hydrogen-bond donors (Lipinski definition) is 0. The summed E-state index contributed by atoms with van der Waals surface area (Å²) in [5.41, 5.74) is 2.13. The highest BCUT2D eigenvalue weighted by molar-refractivity contribution is 9.11. The average molecular weight is 256 g/mol. The lowest BCUT2D eigenvalue weighted by molar-refractivity contribution is 1.23. The fraction of sp³-hybridized carbons (Fsp3) is 0.125. The zero-order chi connectivity index (χ0) is 9.26. The number of pyridine rings is 1. The lowest BCUT2D eigenvalue weighted by atomic mass is 10.1. The average Bonchev–Trinajstić information content (AvgIpc) is 2.53. The van der Waals surface area contributed by atoms with Gasteiger partial charge in [-0.2, -0.15) is 4.37 Å². The molecule has 0 aliphatic heterocycles. The van der Waals surface area contributed by atoms with E-state index in [-0.39, 0.29) is 0 Å². The number of rotatable bonds is 1. The summed E-state index contributed by atoms with van der Waals surface area (Å²) >= 11 is 4.63. The van der Waals surface area contributed by atoms with Crippen molar-refractivity contribution in [3.8, 4) is 11.4 Å². The molecule has 0 spiro atoms. The van der Waals surface area contributed by atoms with Crippen LogP contribution >= 0.6 is 27.5 Å². The van der Waals surface area contributed by atoms with E-state index in [1.165, 1.54) is 11.5 Å². The molecule has 0 unspecified atom stereocenters. The maximum Gasteiger partial charge on any atom is 0.179 e. The van der Waals surface area contributed by atoms with Crippen LogP contribution in [0.5, 0.6) is 0 Å². The van der Waals surface area contributed by atoms with Gasteiger partial charge in [0.15, 0.2) is 9.74 Å². The van der Waals surface area contributed by atoms with Crippen LogP contribution in [-0.2, 0) is 0 Å². The van der Waals surface area contributed by atoms with Crippen LogP contribution in [0.4, 0.5) is 0 Å². The van der Waals surface area contributed by atoms with Crippen LogP contribution in [0, 0.1) is 6.92 Å². The molecule has 0 saturated carbocycles. The van der Waals surface area contributed by atoms with Crippen molar-refractivity contribution in [3.05, 3.63) is 27.9 Å². The fourth-order valence-electron chi connectivity index (χ4n) is 1.04. The van der Waals surface area contributed by atoms with Gasteiger partial charge in [-0.15, -0.1) is 0 Å². The van der Waals surface area contributed by atoms with E-state index in [0.29, 0.717) is 0 Å². The maximum absolute atomic E-state index is 4.24. The third kappa shape index (κ3) is 1.76.